The van der Waals surface area contributed by atoms with Gasteiger partial charge in [0.25, 0.3) is 16.8 Å². The van der Waals surface area contributed by atoms with E-state index in [0.29, 0.717) is 17.8 Å². The molecule has 0 aliphatic carbocycles. The molecule has 4 aromatic rings. The first kappa shape index (κ1) is 25.9. The molecular weight excluding hydrogens is 519 g/mol. The zero-order valence-corrected chi connectivity index (χ0v) is 20.6. The minimum Gasteiger partial charge on any atom is -0.480 e. The Morgan fingerprint density at radius 3 is 2.11 bits per heavy atom. The third-order valence-electron chi connectivity index (χ3n) is 5.57. The molecule has 0 bridgehead atoms. The van der Waals surface area contributed by atoms with Crippen molar-refractivity contribution < 1.29 is 14.7 Å². The number of benzene rings is 2. The van der Waals surface area contributed by atoms with Gasteiger partial charge in [-0.05, 0) is 23.3 Å². The van der Waals surface area contributed by atoms with Gasteiger partial charge in [-0.1, -0.05) is 65.7 Å². The van der Waals surface area contributed by atoms with Gasteiger partial charge >= 0.3 is 5.97 Å². The molecule has 1 atom stereocenters. The van der Waals surface area contributed by atoms with Gasteiger partial charge in [-0.15, -0.1) is 0 Å². The number of hydrogen-bond donors (Lipinski definition) is 4. The van der Waals surface area contributed by atoms with Crippen LogP contribution in [0, 0.1) is 0 Å². The summed E-state index contributed by atoms with van der Waals surface area (Å²) in [6, 6.07) is 14.6. The summed E-state index contributed by atoms with van der Waals surface area (Å²) in [5, 5.41) is 18.2. The van der Waals surface area contributed by atoms with E-state index in [4.69, 9.17) is 23.2 Å². The zero-order valence-electron chi connectivity index (χ0n) is 19.1. The summed E-state index contributed by atoms with van der Waals surface area (Å²) in [6.45, 7) is 0.307. The summed E-state index contributed by atoms with van der Waals surface area (Å²) >= 11 is 12.0. The van der Waals surface area contributed by atoms with Crippen LogP contribution in [0.25, 0.3) is 0 Å². The van der Waals surface area contributed by atoms with Crippen molar-refractivity contribution in [3.05, 3.63) is 114 Å². The Morgan fingerprint density at radius 1 is 0.865 bits per heavy atom. The molecule has 0 fully saturated rings. The third-order valence-corrected chi connectivity index (χ3v) is 6.14. The number of anilines is 3. The topological polar surface area (TPSA) is 137 Å². The molecular formula is C26H20Cl2N4O5. The lowest BCUT2D eigenvalue weighted by Gasteiger charge is -2.20. The molecule has 0 radical (unpaired) electrons. The average Bonchev–Trinajstić information content (AvgIpc) is 2.88. The first-order chi connectivity index (χ1) is 17.7. The predicted octanol–water partition coefficient (Wildman–Crippen LogP) is 3.96. The van der Waals surface area contributed by atoms with Crippen LogP contribution in [0.4, 0.5) is 17.1 Å². The van der Waals surface area contributed by atoms with E-state index in [-0.39, 0.29) is 33.4 Å². The molecule has 4 rings (SSSR count). The fourth-order valence-electron chi connectivity index (χ4n) is 3.64. The van der Waals surface area contributed by atoms with Crippen molar-refractivity contribution in [1.82, 2.24) is 4.98 Å². The Morgan fingerprint density at radius 2 is 1.49 bits per heavy atom. The number of hydrogen-bond acceptors (Lipinski definition) is 7. The molecule has 37 heavy (non-hydrogen) atoms. The molecule has 3 aromatic carbocycles. The van der Waals surface area contributed by atoms with E-state index in [1.807, 2.05) is 30.3 Å². The SMILES string of the molecule is O=C(Nc1ccc(C[C@H](Nc2c(NCc3ccccc3)c(=O)c2=O)C(=O)O)cc1)c1c(Cl)cncc1Cl. The maximum absolute atomic E-state index is 12.5. The number of aromatic nitrogens is 1. The van der Waals surface area contributed by atoms with Crippen molar-refractivity contribution in [3.8, 4) is 0 Å². The largest absolute Gasteiger partial charge is 0.480 e. The van der Waals surface area contributed by atoms with E-state index >= 15 is 0 Å². The Kier molecular flexibility index (Phi) is 7.86. The first-order valence-corrected chi connectivity index (χ1v) is 11.8. The van der Waals surface area contributed by atoms with Crippen LogP contribution in [0.5, 0.6) is 0 Å². The molecule has 0 aliphatic heterocycles. The van der Waals surface area contributed by atoms with Gasteiger partial charge in [-0.25, -0.2) is 4.79 Å². The van der Waals surface area contributed by atoms with Crippen molar-refractivity contribution in [2.75, 3.05) is 16.0 Å². The van der Waals surface area contributed by atoms with Gasteiger partial charge in [0.2, 0.25) is 0 Å². The Labute approximate surface area is 220 Å². The van der Waals surface area contributed by atoms with Gasteiger partial charge in [0, 0.05) is 31.0 Å². The van der Waals surface area contributed by atoms with E-state index in [1.165, 1.54) is 12.4 Å². The smallest absolute Gasteiger partial charge is 0.326 e. The van der Waals surface area contributed by atoms with Crippen molar-refractivity contribution in [1.29, 1.82) is 0 Å². The number of pyridine rings is 1. The van der Waals surface area contributed by atoms with Crippen molar-refractivity contribution >= 4 is 52.1 Å². The quantitative estimate of drug-likeness (QED) is 0.222. The van der Waals surface area contributed by atoms with E-state index in [0.717, 1.165) is 5.56 Å². The van der Waals surface area contributed by atoms with E-state index in [2.05, 4.69) is 20.9 Å². The summed E-state index contributed by atoms with van der Waals surface area (Å²) in [5.74, 6) is -1.72. The second kappa shape index (κ2) is 11.2. The van der Waals surface area contributed by atoms with E-state index in [1.54, 1.807) is 24.3 Å². The van der Waals surface area contributed by atoms with Crippen molar-refractivity contribution in [2.45, 2.75) is 19.0 Å². The minimum absolute atomic E-state index is 0.0164. The fraction of sp³-hybridized carbons (Fsp3) is 0.115. The third kappa shape index (κ3) is 5.96. The number of carbonyl (C=O) groups excluding carboxylic acids is 1. The van der Waals surface area contributed by atoms with Gasteiger partial charge < -0.3 is 21.1 Å². The number of halogens is 2. The van der Waals surface area contributed by atoms with Crippen LogP contribution < -0.4 is 26.8 Å². The maximum atomic E-state index is 12.5. The minimum atomic E-state index is -1.19. The van der Waals surface area contributed by atoms with Crippen LogP contribution in [-0.4, -0.2) is 28.0 Å². The van der Waals surface area contributed by atoms with Crippen molar-refractivity contribution in [3.63, 3.8) is 0 Å². The standard InChI is InChI=1S/C26H20Cl2N4O5/c27-17-12-29-13-18(28)20(17)25(35)31-16-8-6-14(7-9-16)10-19(26(36)37)32-22-21(23(33)24(22)34)30-11-15-4-2-1-3-5-15/h1-9,12-13,19,30,32H,10-11H2,(H,31,35)(H,36,37)/t19-/m0/s1. The monoisotopic (exact) mass is 538 g/mol. The molecule has 0 saturated carbocycles. The number of aliphatic carboxylic acids is 1. The molecule has 0 unspecified atom stereocenters. The summed E-state index contributed by atoms with van der Waals surface area (Å²) in [4.78, 5) is 52.4. The van der Waals surface area contributed by atoms with Crippen LogP contribution in [0.3, 0.4) is 0 Å². The highest BCUT2D eigenvalue weighted by atomic mass is 35.5. The molecule has 9 nitrogen and oxygen atoms in total. The van der Waals surface area contributed by atoms with Gasteiger partial charge in [0.05, 0.1) is 15.6 Å². The summed E-state index contributed by atoms with van der Waals surface area (Å²) in [6.07, 6.45) is 2.63. The molecule has 0 aliphatic rings. The number of carboxylic acid groups (broad SMARTS) is 1. The van der Waals surface area contributed by atoms with Crippen LogP contribution in [0.15, 0.2) is 76.6 Å². The van der Waals surface area contributed by atoms with Gasteiger partial charge in [-0.2, -0.15) is 0 Å². The molecule has 1 heterocycles. The maximum Gasteiger partial charge on any atom is 0.326 e. The van der Waals surface area contributed by atoms with Crippen LogP contribution in [-0.2, 0) is 17.8 Å². The summed E-state index contributed by atoms with van der Waals surface area (Å²) in [7, 11) is 0. The molecule has 4 N–H and O–H groups in total. The Hall–Kier alpha value is -4.21. The predicted molar refractivity (Wildman–Crippen MR) is 143 cm³/mol. The average molecular weight is 539 g/mol. The fourth-order valence-corrected chi connectivity index (χ4v) is 4.18. The second-order valence-electron chi connectivity index (χ2n) is 8.12. The number of carboxylic acids is 1. The van der Waals surface area contributed by atoms with E-state index < -0.39 is 28.8 Å². The van der Waals surface area contributed by atoms with E-state index in [9.17, 15) is 24.3 Å². The highest BCUT2D eigenvalue weighted by molar-refractivity contribution is 6.40. The number of nitrogens with one attached hydrogen (secondary N) is 3. The van der Waals surface area contributed by atoms with Crippen LogP contribution >= 0.6 is 23.2 Å². The molecule has 1 amide bonds. The second-order valence-corrected chi connectivity index (χ2v) is 8.93. The lowest BCUT2D eigenvalue weighted by molar-refractivity contribution is -0.137. The highest BCUT2D eigenvalue weighted by Gasteiger charge is 2.26. The summed E-state index contributed by atoms with van der Waals surface area (Å²) < 4.78 is 0. The van der Waals surface area contributed by atoms with Gasteiger partial charge in [0.15, 0.2) is 0 Å². The molecule has 1 aromatic heterocycles. The van der Waals surface area contributed by atoms with Gasteiger partial charge in [0.1, 0.15) is 17.4 Å². The van der Waals surface area contributed by atoms with Gasteiger partial charge in [-0.3, -0.25) is 19.4 Å². The first-order valence-electron chi connectivity index (χ1n) is 11.0. The van der Waals surface area contributed by atoms with Crippen molar-refractivity contribution in [2.24, 2.45) is 0 Å². The summed E-state index contributed by atoms with van der Waals surface area (Å²) in [5.41, 5.74) is 0.585. The number of rotatable bonds is 10. The lowest BCUT2D eigenvalue weighted by Crippen LogP contribution is -2.42. The number of nitrogens with zero attached hydrogens (tertiary/aromatic N) is 1. The highest BCUT2D eigenvalue weighted by Crippen LogP contribution is 2.24. The Balaban J connectivity index is 1.42. The zero-order chi connectivity index (χ0) is 26.5. The van der Waals surface area contributed by atoms with Crippen LogP contribution in [0.1, 0.15) is 21.5 Å². The molecule has 188 valence electrons. The number of amides is 1. The van der Waals surface area contributed by atoms with Crippen LogP contribution in [0.2, 0.25) is 10.0 Å². The lowest BCUT2D eigenvalue weighted by atomic mass is 10.0. The molecule has 0 saturated heterocycles. The normalized spacial score (nSPS) is 11.6. The molecule has 11 heteroatoms. The number of carbonyl (C=O) groups is 2. The Bertz CT molecular complexity index is 1500. The molecule has 0 spiro atoms.